The third kappa shape index (κ3) is 2.31. The van der Waals surface area contributed by atoms with Crippen molar-refractivity contribution in [2.45, 2.75) is 19.1 Å². The van der Waals surface area contributed by atoms with E-state index in [2.05, 4.69) is 10.3 Å². The first-order valence-corrected chi connectivity index (χ1v) is 6.00. The number of hydrogen-bond acceptors (Lipinski definition) is 3. The van der Waals surface area contributed by atoms with Crippen LogP contribution >= 0.6 is 0 Å². The summed E-state index contributed by atoms with van der Waals surface area (Å²) in [5, 5.41) is 3.19. The van der Waals surface area contributed by atoms with Crippen LogP contribution in [0.3, 0.4) is 0 Å². The first-order valence-electron chi connectivity index (χ1n) is 6.00. The van der Waals surface area contributed by atoms with Gasteiger partial charge >= 0.3 is 6.55 Å². The largest absolute Gasteiger partial charge is 0.491 e. The lowest BCUT2D eigenvalue weighted by Crippen LogP contribution is -2.24. The molecule has 0 bridgehead atoms. The maximum Gasteiger partial charge on any atom is 0.319 e. The number of aromatic nitrogens is 2. The molecule has 0 fully saturated rings. The lowest BCUT2D eigenvalue weighted by atomic mass is 10.1. The van der Waals surface area contributed by atoms with Gasteiger partial charge in [0.15, 0.2) is 0 Å². The van der Waals surface area contributed by atoms with Crippen molar-refractivity contribution in [1.29, 1.82) is 0 Å². The molecule has 1 N–H and O–H groups in total. The maximum atomic E-state index is 12.7. The summed E-state index contributed by atoms with van der Waals surface area (Å²) in [5.74, 6) is 1.16. The van der Waals surface area contributed by atoms with Gasteiger partial charge in [-0.15, -0.1) is 0 Å². The SMILES string of the molecule is FC(F)n1ccnc1CNC1COc2ccccc21. The van der Waals surface area contributed by atoms with Gasteiger partial charge in [0.05, 0.1) is 12.6 Å². The van der Waals surface area contributed by atoms with Gasteiger partial charge in [0.1, 0.15) is 18.2 Å². The van der Waals surface area contributed by atoms with Crippen LogP contribution in [0.4, 0.5) is 8.78 Å². The standard InChI is InChI=1S/C13H13F2N3O/c14-13(15)18-6-5-16-12(18)7-17-10-8-19-11-4-2-1-3-9(10)11/h1-6,10,13,17H,7-8H2. The summed E-state index contributed by atoms with van der Waals surface area (Å²) < 4.78 is 31.7. The zero-order chi connectivity index (χ0) is 13.2. The molecule has 1 aliphatic heterocycles. The van der Waals surface area contributed by atoms with Gasteiger partial charge in [0.2, 0.25) is 0 Å². The number of hydrogen-bond donors (Lipinski definition) is 1. The number of imidazole rings is 1. The second-order valence-corrected chi connectivity index (χ2v) is 4.31. The summed E-state index contributed by atoms with van der Waals surface area (Å²) in [5.41, 5.74) is 1.05. The van der Waals surface area contributed by atoms with E-state index in [1.54, 1.807) is 0 Å². The molecule has 1 aromatic heterocycles. The molecular formula is C13H13F2N3O. The van der Waals surface area contributed by atoms with E-state index in [-0.39, 0.29) is 12.6 Å². The molecule has 6 heteroatoms. The number of para-hydroxylation sites is 1. The van der Waals surface area contributed by atoms with Crippen LogP contribution < -0.4 is 10.1 Å². The van der Waals surface area contributed by atoms with E-state index >= 15 is 0 Å². The van der Waals surface area contributed by atoms with E-state index in [1.165, 1.54) is 12.4 Å². The lowest BCUT2D eigenvalue weighted by molar-refractivity contribution is 0.0664. The summed E-state index contributed by atoms with van der Waals surface area (Å²) in [7, 11) is 0. The first-order chi connectivity index (χ1) is 9.25. The first kappa shape index (κ1) is 12.1. The zero-order valence-electron chi connectivity index (χ0n) is 10.1. The molecule has 1 unspecified atom stereocenters. The van der Waals surface area contributed by atoms with Crippen molar-refractivity contribution in [1.82, 2.24) is 14.9 Å². The quantitative estimate of drug-likeness (QED) is 0.923. The predicted molar refractivity (Wildman–Crippen MR) is 65.0 cm³/mol. The number of nitrogens with zero attached hydrogens (tertiary/aromatic N) is 2. The lowest BCUT2D eigenvalue weighted by Gasteiger charge is -2.12. The summed E-state index contributed by atoms with van der Waals surface area (Å²) >= 11 is 0. The van der Waals surface area contributed by atoms with Crippen LogP contribution in [-0.2, 0) is 6.54 Å². The minimum Gasteiger partial charge on any atom is -0.491 e. The van der Waals surface area contributed by atoms with E-state index in [0.717, 1.165) is 15.9 Å². The Labute approximate surface area is 109 Å². The third-order valence-corrected chi connectivity index (χ3v) is 3.17. The summed E-state index contributed by atoms with van der Waals surface area (Å²) in [6.45, 7) is -1.78. The highest BCUT2D eigenvalue weighted by atomic mass is 19.3. The molecule has 0 radical (unpaired) electrons. The number of benzene rings is 1. The maximum absolute atomic E-state index is 12.7. The monoisotopic (exact) mass is 265 g/mol. The number of alkyl halides is 2. The predicted octanol–water partition coefficient (Wildman–Crippen LogP) is 2.50. The van der Waals surface area contributed by atoms with Gasteiger partial charge in [0, 0.05) is 18.0 Å². The Morgan fingerprint density at radius 1 is 1.42 bits per heavy atom. The van der Waals surface area contributed by atoms with E-state index in [0.29, 0.717) is 12.4 Å². The third-order valence-electron chi connectivity index (χ3n) is 3.17. The molecule has 1 aromatic carbocycles. The van der Waals surface area contributed by atoms with Crippen molar-refractivity contribution in [2.75, 3.05) is 6.61 Å². The molecule has 0 spiro atoms. The topological polar surface area (TPSA) is 39.1 Å². The summed E-state index contributed by atoms with van der Waals surface area (Å²) in [6, 6.07) is 7.73. The molecule has 19 heavy (non-hydrogen) atoms. The van der Waals surface area contributed by atoms with Crippen LogP contribution in [-0.4, -0.2) is 16.2 Å². The Hall–Kier alpha value is -1.95. The van der Waals surface area contributed by atoms with Crippen LogP contribution in [0.1, 0.15) is 24.0 Å². The van der Waals surface area contributed by atoms with Crippen molar-refractivity contribution >= 4 is 0 Å². The molecule has 3 rings (SSSR count). The van der Waals surface area contributed by atoms with Gasteiger partial charge in [-0.2, -0.15) is 8.78 Å². The zero-order valence-corrected chi connectivity index (χ0v) is 10.1. The van der Waals surface area contributed by atoms with Gasteiger partial charge in [-0.1, -0.05) is 18.2 Å². The Morgan fingerprint density at radius 2 is 2.26 bits per heavy atom. The van der Waals surface area contributed by atoms with E-state index in [9.17, 15) is 8.78 Å². The van der Waals surface area contributed by atoms with Gasteiger partial charge in [-0.05, 0) is 6.07 Å². The van der Waals surface area contributed by atoms with E-state index in [1.807, 2.05) is 24.3 Å². The minimum atomic E-state index is -2.56. The minimum absolute atomic E-state index is 0.0130. The Balaban J connectivity index is 1.69. The van der Waals surface area contributed by atoms with Gasteiger partial charge in [0.25, 0.3) is 0 Å². The number of rotatable bonds is 4. The van der Waals surface area contributed by atoms with Crippen molar-refractivity contribution < 1.29 is 13.5 Å². The molecular weight excluding hydrogens is 252 g/mol. The molecule has 2 aromatic rings. The highest BCUT2D eigenvalue weighted by Crippen LogP contribution is 2.31. The molecule has 1 atom stereocenters. The number of ether oxygens (including phenoxy) is 1. The fraction of sp³-hybridized carbons (Fsp3) is 0.308. The van der Waals surface area contributed by atoms with Crippen molar-refractivity contribution in [3.63, 3.8) is 0 Å². The van der Waals surface area contributed by atoms with E-state index in [4.69, 9.17) is 4.74 Å². The second-order valence-electron chi connectivity index (χ2n) is 4.31. The summed E-state index contributed by atoms with van der Waals surface area (Å²) in [4.78, 5) is 3.93. The van der Waals surface area contributed by atoms with Crippen molar-refractivity contribution in [3.05, 3.63) is 48.0 Å². The highest BCUT2D eigenvalue weighted by Gasteiger charge is 2.23. The van der Waals surface area contributed by atoms with E-state index < -0.39 is 6.55 Å². The number of fused-ring (bicyclic) bond motifs is 1. The van der Waals surface area contributed by atoms with Crippen molar-refractivity contribution in [3.8, 4) is 5.75 Å². The molecule has 0 aliphatic carbocycles. The number of nitrogens with one attached hydrogen (secondary N) is 1. The highest BCUT2D eigenvalue weighted by molar-refractivity contribution is 5.39. The van der Waals surface area contributed by atoms with Crippen LogP contribution in [0.2, 0.25) is 0 Å². The van der Waals surface area contributed by atoms with Crippen LogP contribution in [0, 0.1) is 0 Å². The fourth-order valence-electron chi connectivity index (χ4n) is 2.20. The second kappa shape index (κ2) is 4.97. The smallest absolute Gasteiger partial charge is 0.319 e. The molecule has 1 aliphatic rings. The van der Waals surface area contributed by atoms with Crippen LogP contribution in [0.5, 0.6) is 5.75 Å². The average molecular weight is 265 g/mol. The molecule has 0 amide bonds. The Morgan fingerprint density at radius 3 is 3.11 bits per heavy atom. The normalized spacial score (nSPS) is 17.5. The van der Waals surface area contributed by atoms with Gasteiger partial charge in [-0.3, -0.25) is 9.88 Å². The van der Waals surface area contributed by atoms with Gasteiger partial charge in [-0.25, -0.2) is 4.98 Å². The fourth-order valence-corrected chi connectivity index (χ4v) is 2.20. The van der Waals surface area contributed by atoms with Crippen molar-refractivity contribution in [2.24, 2.45) is 0 Å². The Kier molecular flexibility index (Phi) is 3.16. The van der Waals surface area contributed by atoms with Crippen LogP contribution in [0.25, 0.3) is 0 Å². The molecule has 4 nitrogen and oxygen atoms in total. The molecule has 2 heterocycles. The number of halogens is 2. The van der Waals surface area contributed by atoms with Gasteiger partial charge < -0.3 is 4.74 Å². The molecule has 100 valence electrons. The molecule has 0 saturated carbocycles. The average Bonchev–Trinajstić information content (AvgIpc) is 3.03. The summed E-state index contributed by atoms with van der Waals surface area (Å²) in [6.07, 6.45) is 2.66. The molecule has 0 saturated heterocycles. The van der Waals surface area contributed by atoms with Crippen LogP contribution in [0.15, 0.2) is 36.7 Å². The Bertz CT molecular complexity index is 571.